The van der Waals surface area contributed by atoms with Gasteiger partial charge in [-0.05, 0) is 18.1 Å². The van der Waals surface area contributed by atoms with E-state index in [1.54, 1.807) is 0 Å². The Balaban J connectivity index is 1.62. The molecule has 0 radical (unpaired) electrons. The summed E-state index contributed by atoms with van der Waals surface area (Å²) in [4.78, 5) is 2.31. The van der Waals surface area contributed by atoms with Crippen molar-refractivity contribution < 1.29 is 8.42 Å². The van der Waals surface area contributed by atoms with Crippen LogP contribution in [-0.4, -0.2) is 32.4 Å². The number of hydrogen-bond donors (Lipinski definition) is 1. The molecule has 8 heteroatoms. The third-order valence-corrected chi connectivity index (χ3v) is 7.03. The van der Waals surface area contributed by atoms with Crippen LogP contribution in [0.25, 0.3) is 0 Å². The molecule has 1 N–H and O–H groups in total. The molecular weight excluding hydrogens is 375 g/mol. The number of hydrogen-bond acceptors (Lipinski definition) is 4. The number of thiophene rings is 1. The fourth-order valence-electron chi connectivity index (χ4n) is 2.71. The Kier molecular flexibility index (Phi) is 5.30. The van der Waals surface area contributed by atoms with Crippen LogP contribution in [0.1, 0.15) is 12.0 Å². The Bertz CT molecular complexity index is 778. The molecular formula is C15H16Cl2N2O2S2. The van der Waals surface area contributed by atoms with Crippen molar-refractivity contribution in [3.63, 3.8) is 0 Å². The fraction of sp³-hybridized carbons (Fsp3) is 0.333. The number of nitrogens with zero attached hydrogens (tertiary/aromatic N) is 1. The second-order valence-corrected chi connectivity index (χ2v) is 9.48. The average Bonchev–Trinajstić information content (AvgIpc) is 3.06. The van der Waals surface area contributed by atoms with E-state index in [1.165, 1.54) is 11.6 Å². The van der Waals surface area contributed by atoms with E-state index in [0.717, 1.165) is 30.8 Å². The first-order chi connectivity index (χ1) is 10.9. The van der Waals surface area contributed by atoms with Crippen LogP contribution in [0.5, 0.6) is 0 Å². The third-order valence-electron chi connectivity index (χ3n) is 3.76. The molecule has 0 saturated carbocycles. The minimum atomic E-state index is -3.63. The topological polar surface area (TPSA) is 49.4 Å². The van der Waals surface area contributed by atoms with Crippen LogP contribution < -0.4 is 4.72 Å². The maximum atomic E-state index is 12.4. The summed E-state index contributed by atoms with van der Waals surface area (Å²) in [6.07, 6.45) is 0.779. The van der Waals surface area contributed by atoms with Crippen molar-refractivity contribution in [2.75, 3.05) is 13.1 Å². The van der Waals surface area contributed by atoms with Crippen molar-refractivity contribution in [1.82, 2.24) is 9.62 Å². The van der Waals surface area contributed by atoms with E-state index in [9.17, 15) is 8.42 Å². The highest BCUT2D eigenvalue weighted by atomic mass is 35.5. The van der Waals surface area contributed by atoms with Gasteiger partial charge in [0, 0.05) is 25.7 Å². The van der Waals surface area contributed by atoms with Gasteiger partial charge in [0.1, 0.15) is 9.23 Å². The molecule has 2 aromatic rings. The Labute approximate surface area is 150 Å². The first kappa shape index (κ1) is 17.2. The Morgan fingerprint density at radius 3 is 2.65 bits per heavy atom. The molecule has 0 amide bonds. The van der Waals surface area contributed by atoms with E-state index < -0.39 is 10.0 Å². The molecule has 1 saturated heterocycles. The fourth-order valence-corrected chi connectivity index (χ4v) is 6.12. The van der Waals surface area contributed by atoms with Crippen molar-refractivity contribution in [3.8, 4) is 0 Å². The summed E-state index contributed by atoms with van der Waals surface area (Å²) < 4.78 is 28.1. The van der Waals surface area contributed by atoms with Gasteiger partial charge < -0.3 is 0 Å². The Morgan fingerprint density at radius 1 is 1.26 bits per heavy atom. The van der Waals surface area contributed by atoms with Gasteiger partial charge in [-0.25, -0.2) is 13.1 Å². The van der Waals surface area contributed by atoms with Crippen LogP contribution in [0.2, 0.25) is 8.67 Å². The second kappa shape index (κ2) is 7.09. The zero-order valence-electron chi connectivity index (χ0n) is 12.2. The van der Waals surface area contributed by atoms with Crippen LogP contribution in [0.3, 0.4) is 0 Å². The summed E-state index contributed by atoms with van der Waals surface area (Å²) in [7, 11) is -3.63. The zero-order valence-corrected chi connectivity index (χ0v) is 15.4. The smallest absolute Gasteiger partial charge is 0.243 e. The van der Waals surface area contributed by atoms with Crippen molar-refractivity contribution in [2.24, 2.45) is 0 Å². The highest BCUT2D eigenvalue weighted by molar-refractivity contribution is 7.89. The van der Waals surface area contributed by atoms with E-state index in [0.29, 0.717) is 10.9 Å². The third kappa shape index (κ3) is 4.26. The van der Waals surface area contributed by atoms with Gasteiger partial charge in [-0.1, -0.05) is 53.5 Å². The van der Waals surface area contributed by atoms with Gasteiger partial charge in [0.15, 0.2) is 0 Å². The Hall–Kier alpha value is -0.630. The normalized spacial score (nSPS) is 19.3. The van der Waals surface area contributed by atoms with Gasteiger partial charge in [-0.3, -0.25) is 4.90 Å². The molecule has 1 unspecified atom stereocenters. The standard InChI is InChI=1S/C15H16Cl2N2O2S2/c16-14-8-13(15(17)22-14)23(20,21)18-12-6-7-19(10-12)9-11-4-2-1-3-5-11/h1-5,8,12,18H,6-7,9-10H2. The predicted molar refractivity (Wildman–Crippen MR) is 94.8 cm³/mol. The number of likely N-dealkylation sites (tertiary alicyclic amines) is 1. The molecule has 1 aliphatic rings. The summed E-state index contributed by atoms with van der Waals surface area (Å²) in [6, 6.07) is 11.4. The maximum Gasteiger partial charge on any atom is 0.243 e. The van der Waals surface area contributed by atoms with Gasteiger partial charge in [-0.2, -0.15) is 0 Å². The summed E-state index contributed by atoms with van der Waals surface area (Å²) in [5, 5.41) is 0. The van der Waals surface area contributed by atoms with Crippen LogP contribution in [0.15, 0.2) is 41.3 Å². The first-order valence-electron chi connectivity index (χ1n) is 7.17. The molecule has 0 spiro atoms. The molecule has 1 atom stereocenters. The predicted octanol–water partition coefficient (Wildman–Crippen LogP) is 3.61. The molecule has 4 nitrogen and oxygen atoms in total. The lowest BCUT2D eigenvalue weighted by Crippen LogP contribution is -2.36. The number of rotatable bonds is 5. The molecule has 0 bridgehead atoms. The average molecular weight is 391 g/mol. The van der Waals surface area contributed by atoms with Crippen LogP contribution in [0.4, 0.5) is 0 Å². The molecule has 124 valence electrons. The summed E-state index contributed by atoms with van der Waals surface area (Å²) in [5.74, 6) is 0. The van der Waals surface area contributed by atoms with Crippen LogP contribution in [0, 0.1) is 0 Å². The Morgan fingerprint density at radius 2 is 2.00 bits per heavy atom. The SMILES string of the molecule is O=S(=O)(NC1CCN(Cc2ccccc2)C1)c1cc(Cl)sc1Cl. The molecule has 0 aliphatic carbocycles. The highest BCUT2D eigenvalue weighted by Gasteiger charge is 2.29. The zero-order chi connectivity index (χ0) is 16.4. The molecule has 23 heavy (non-hydrogen) atoms. The van der Waals surface area contributed by atoms with E-state index in [2.05, 4.69) is 21.8 Å². The first-order valence-corrected chi connectivity index (χ1v) is 10.2. The second-order valence-electron chi connectivity index (χ2n) is 5.52. The van der Waals surface area contributed by atoms with E-state index in [-0.39, 0.29) is 15.3 Å². The summed E-state index contributed by atoms with van der Waals surface area (Å²) in [5.41, 5.74) is 1.23. The molecule has 2 heterocycles. The van der Waals surface area contributed by atoms with Crippen LogP contribution >= 0.6 is 34.5 Å². The van der Waals surface area contributed by atoms with E-state index in [4.69, 9.17) is 23.2 Å². The number of nitrogens with one attached hydrogen (secondary N) is 1. The van der Waals surface area contributed by atoms with Gasteiger partial charge in [0.2, 0.25) is 10.0 Å². The van der Waals surface area contributed by atoms with Crippen molar-refractivity contribution in [3.05, 3.63) is 50.6 Å². The molecule has 1 aromatic heterocycles. The number of halogens is 2. The van der Waals surface area contributed by atoms with Gasteiger partial charge >= 0.3 is 0 Å². The lowest BCUT2D eigenvalue weighted by atomic mass is 10.2. The minimum absolute atomic E-state index is 0.0654. The quantitative estimate of drug-likeness (QED) is 0.847. The maximum absolute atomic E-state index is 12.4. The summed E-state index contributed by atoms with van der Waals surface area (Å²) in [6.45, 7) is 2.37. The minimum Gasteiger partial charge on any atom is -0.297 e. The van der Waals surface area contributed by atoms with Gasteiger partial charge in [0.05, 0.1) is 4.34 Å². The van der Waals surface area contributed by atoms with E-state index in [1.807, 2.05) is 18.2 Å². The molecule has 1 aliphatic heterocycles. The number of benzene rings is 1. The van der Waals surface area contributed by atoms with Gasteiger partial charge in [0.25, 0.3) is 0 Å². The monoisotopic (exact) mass is 390 g/mol. The van der Waals surface area contributed by atoms with Crippen molar-refractivity contribution in [1.29, 1.82) is 0 Å². The lowest BCUT2D eigenvalue weighted by Gasteiger charge is -2.16. The summed E-state index contributed by atoms with van der Waals surface area (Å²) >= 11 is 12.8. The van der Waals surface area contributed by atoms with Crippen LogP contribution in [-0.2, 0) is 16.6 Å². The number of sulfonamides is 1. The van der Waals surface area contributed by atoms with Crippen molar-refractivity contribution in [2.45, 2.75) is 23.9 Å². The van der Waals surface area contributed by atoms with Gasteiger partial charge in [-0.15, -0.1) is 11.3 Å². The van der Waals surface area contributed by atoms with E-state index >= 15 is 0 Å². The van der Waals surface area contributed by atoms with Crippen molar-refractivity contribution >= 4 is 44.6 Å². The molecule has 1 fully saturated rings. The molecule has 1 aromatic carbocycles. The highest BCUT2D eigenvalue weighted by Crippen LogP contribution is 2.34. The molecule has 3 rings (SSSR count). The lowest BCUT2D eigenvalue weighted by molar-refractivity contribution is 0.324. The largest absolute Gasteiger partial charge is 0.297 e.